The van der Waals surface area contributed by atoms with Crippen LogP contribution >= 0.6 is 0 Å². The van der Waals surface area contributed by atoms with Gasteiger partial charge in [-0.05, 0) is 51.2 Å². The van der Waals surface area contributed by atoms with Crippen LogP contribution in [0.1, 0.15) is 39.5 Å². The van der Waals surface area contributed by atoms with Crippen LogP contribution in [0.2, 0.25) is 0 Å². The fourth-order valence-electron chi connectivity index (χ4n) is 3.07. The number of allylic oxidation sites excluding steroid dienone is 1. The zero-order valence-corrected chi connectivity index (χ0v) is 11.6. The lowest BCUT2D eigenvalue weighted by atomic mass is 10.2. The van der Waals surface area contributed by atoms with Crippen molar-refractivity contribution in [2.24, 2.45) is 5.92 Å². The minimum absolute atomic E-state index is 0.689. The standard InChI is InChI=1S/C15H28N2/c1-14(2)7-5-11-17-12-6-8-15(17)13-16-9-3-4-10-16/h5,7,14-15H,3-4,6,8-13H2,1-2H3/b7-5+/t15-/m0/s1. The van der Waals surface area contributed by atoms with Gasteiger partial charge in [0.15, 0.2) is 0 Å². The Morgan fingerprint density at radius 2 is 1.88 bits per heavy atom. The van der Waals surface area contributed by atoms with Crippen molar-refractivity contribution in [1.82, 2.24) is 9.80 Å². The maximum Gasteiger partial charge on any atom is 0.0226 e. The summed E-state index contributed by atoms with van der Waals surface area (Å²) in [6, 6.07) is 0.824. The molecule has 2 heteroatoms. The first-order valence-electron chi connectivity index (χ1n) is 7.39. The lowest BCUT2D eigenvalue weighted by Crippen LogP contribution is -2.39. The highest BCUT2D eigenvalue weighted by molar-refractivity contribution is 4.92. The average Bonchev–Trinajstić information content (AvgIpc) is 2.91. The summed E-state index contributed by atoms with van der Waals surface area (Å²) in [6.45, 7) is 11.0. The molecule has 2 rings (SSSR count). The molecule has 2 aliphatic heterocycles. The SMILES string of the molecule is CC(C)/C=C/CN1CCC[C@H]1CN1CCCC1. The molecule has 2 heterocycles. The van der Waals surface area contributed by atoms with E-state index < -0.39 is 0 Å². The van der Waals surface area contributed by atoms with Crippen LogP contribution in [-0.4, -0.2) is 48.6 Å². The van der Waals surface area contributed by atoms with Gasteiger partial charge in [-0.3, -0.25) is 4.90 Å². The lowest BCUT2D eigenvalue weighted by Gasteiger charge is -2.27. The average molecular weight is 236 g/mol. The number of hydrogen-bond acceptors (Lipinski definition) is 2. The van der Waals surface area contributed by atoms with Gasteiger partial charge in [-0.2, -0.15) is 0 Å². The molecule has 2 aliphatic rings. The van der Waals surface area contributed by atoms with Gasteiger partial charge in [0.05, 0.1) is 0 Å². The Hall–Kier alpha value is -0.340. The molecule has 0 saturated carbocycles. The molecule has 0 unspecified atom stereocenters. The summed E-state index contributed by atoms with van der Waals surface area (Å²) in [5.74, 6) is 0.689. The second kappa shape index (κ2) is 6.55. The highest BCUT2D eigenvalue weighted by Gasteiger charge is 2.26. The second-order valence-electron chi connectivity index (χ2n) is 5.97. The summed E-state index contributed by atoms with van der Waals surface area (Å²) >= 11 is 0. The first kappa shape index (κ1) is 13.1. The Morgan fingerprint density at radius 3 is 2.59 bits per heavy atom. The van der Waals surface area contributed by atoms with Crippen molar-refractivity contribution in [3.8, 4) is 0 Å². The summed E-state index contributed by atoms with van der Waals surface area (Å²) in [5, 5.41) is 0. The smallest absolute Gasteiger partial charge is 0.0226 e. The molecule has 0 bridgehead atoms. The molecule has 0 spiro atoms. The molecule has 0 aromatic carbocycles. The summed E-state index contributed by atoms with van der Waals surface area (Å²) in [5.41, 5.74) is 0. The normalized spacial score (nSPS) is 27.8. The van der Waals surface area contributed by atoms with Gasteiger partial charge in [-0.25, -0.2) is 0 Å². The van der Waals surface area contributed by atoms with Crippen LogP contribution in [0.5, 0.6) is 0 Å². The molecular formula is C15H28N2. The molecule has 98 valence electrons. The van der Waals surface area contributed by atoms with Crippen LogP contribution < -0.4 is 0 Å². The Morgan fingerprint density at radius 1 is 1.12 bits per heavy atom. The van der Waals surface area contributed by atoms with Gasteiger partial charge >= 0.3 is 0 Å². The van der Waals surface area contributed by atoms with Crippen LogP contribution in [0, 0.1) is 5.92 Å². The van der Waals surface area contributed by atoms with Crippen molar-refractivity contribution in [2.75, 3.05) is 32.7 Å². The maximum absolute atomic E-state index is 2.68. The Kier molecular flexibility index (Phi) is 5.05. The third-order valence-electron chi connectivity index (χ3n) is 4.03. The number of hydrogen-bond donors (Lipinski definition) is 0. The van der Waals surface area contributed by atoms with E-state index in [9.17, 15) is 0 Å². The molecule has 2 nitrogen and oxygen atoms in total. The molecule has 17 heavy (non-hydrogen) atoms. The van der Waals surface area contributed by atoms with Crippen molar-refractivity contribution in [2.45, 2.75) is 45.6 Å². The molecular weight excluding hydrogens is 208 g/mol. The first-order valence-corrected chi connectivity index (χ1v) is 7.39. The van der Waals surface area contributed by atoms with Crippen LogP contribution in [0.4, 0.5) is 0 Å². The monoisotopic (exact) mass is 236 g/mol. The van der Waals surface area contributed by atoms with Crippen LogP contribution in [0.25, 0.3) is 0 Å². The number of nitrogens with zero attached hydrogens (tertiary/aromatic N) is 2. The first-order chi connectivity index (χ1) is 8.25. The minimum atomic E-state index is 0.689. The van der Waals surface area contributed by atoms with E-state index in [1.807, 2.05) is 0 Å². The van der Waals surface area contributed by atoms with Crippen molar-refractivity contribution >= 4 is 0 Å². The maximum atomic E-state index is 2.68. The molecule has 0 aromatic rings. The van der Waals surface area contributed by atoms with E-state index in [2.05, 4.69) is 35.8 Å². The van der Waals surface area contributed by atoms with Crippen molar-refractivity contribution in [3.05, 3.63) is 12.2 Å². The molecule has 0 aromatic heterocycles. The molecule has 2 saturated heterocycles. The quantitative estimate of drug-likeness (QED) is 0.677. The van der Waals surface area contributed by atoms with Crippen LogP contribution in [0.3, 0.4) is 0 Å². The van der Waals surface area contributed by atoms with Gasteiger partial charge in [0.2, 0.25) is 0 Å². The van der Waals surface area contributed by atoms with E-state index in [1.165, 1.54) is 51.9 Å². The third-order valence-corrected chi connectivity index (χ3v) is 4.03. The molecule has 0 aliphatic carbocycles. The van der Waals surface area contributed by atoms with Crippen LogP contribution in [0.15, 0.2) is 12.2 Å². The van der Waals surface area contributed by atoms with E-state index in [-0.39, 0.29) is 0 Å². The molecule has 0 radical (unpaired) electrons. The van der Waals surface area contributed by atoms with E-state index in [1.54, 1.807) is 0 Å². The summed E-state index contributed by atoms with van der Waals surface area (Å²) in [4.78, 5) is 5.34. The van der Waals surface area contributed by atoms with Gasteiger partial charge < -0.3 is 4.90 Å². The van der Waals surface area contributed by atoms with Crippen molar-refractivity contribution < 1.29 is 0 Å². The van der Waals surface area contributed by atoms with Gasteiger partial charge in [0.1, 0.15) is 0 Å². The van der Waals surface area contributed by atoms with Crippen LogP contribution in [-0.2, 0) is 0 Å². The highest BCUT2D eigenvalue weighted by Crippen LogP contribution is 2.20. The van der Waals surface area contributed by atoms with E-state index in [0.29, 0.717) is 5.92 Å². The van der Waals surface area contributed by atoms with E-state index in [4.69, 9.17) is 0 Å². The number of rotatable bonds is 5. The van der Waals surface area contributed by atoms with Gasteiger partial charge in [0, 0.05) is 19.1 Å². The second-order valence-corrected chi connectivity index (χ2v) is 5.97. The Bertz CT molecular complexity index is 241. The Balaban J connectivity index is 1.75. The lowest BCUT2D eigenvalue weighted by molar-refractivity contribution is 0.205. The topological polar surface area (TPSA) is 6.48 Å². The highest BCUT2D eigenvalue weighted by atomic mass is 15.2. The van der Waals surface area contributed by atoms with Gasteiger partial charge in [-0.15, -0.1) is 0 Å². The number of likely N-dealkylation sites (tertiary alicyclic amines) is 2. The zero-order chi connectivity index (χ0) is 12.1. The molecule has 2 fully saturated rings. The van der Waals surface area contributed by atoms with Crippen molar-refractivity contribution in [1.29, 1.82) is 0 Å². The fourth-order valence-corrected chi connectivity index (χ4v) is 3.07. The summed E-state index contributed by atoms with van der Waals surface area (Å²) in [6.07, 6.45) is 10.3. The van der Waals surface area contributed by atoms with Gasteiger partial charge in [-0.1, -0.05) is 26.0 Å². The predicted octanol–water partition coefficient (Wildman–Crippen LogP) is 2.76. The fraction of sp³-hybridized carbons (Fsp3) is 0.867. The Labute approximate surface area is 107 Å². The molecule has 0 N–H and O–H groups in total. The minimum Gasteiger partial charge on any atom is -0.302 e. The molecule has 0 amide bonds. The third kappa shape index (κ3) is 4.11. The summed E-state index contributed by atoms with van der Waals surface area (Å²) < 4.78 is 0. The zero-order valence-electron chi connectivity index (χ0n) is 11.6. The van der Waals surface area contributed by atoms with Gasteiger partial charge in [0.25, 0.3) is 0 Å². The summed E-state index contributed by atoms with van der Waals surface area (Å²) in [7, 11) is 0. The molecule has 1 atom stereocenters. The predicted molar refractivity (Wildman–Crippen MR) is 74.2 cm³/mol. The largest absolute Gasteiger partial charge is 0.302 e. The van der Waals surface area contributed by atoms with E-state index in [0.717, 1.165) is 12.6 Å². The van der Waals surface area contributed by atoms with E-state index >= 15 is 0 Å². The van der Waals surface area contributed by atoms with Crippen molar-refractivity contribution in [3.63, 3.8) is 0 Å².